The minimum absolute atomic E-state index is 0.00769. The topological polar surface area (TPSA) is 80.6 Å². The van der Waals surface area contributed by atoms with Crippen LogP contribution in [0.1, 0.15) is 59.1 Å². The van der Waals surface area contributed by atoms with Crippen molar-refractivity contribution in [1.29, 1.82) is 0 Å². The molecule has 160 valence electrons. The second-order valence-electron chi connectivity index (χ2n) is 9.45. The molecule has 1 fully saturated rings. The van der Waals surface area contributed by atoms with Crippen LogP contribution >= 0.6 is 0 Å². The maximum absolute atomic E-state index is 13.4. The average molecular weight is 404 g/mol. The Bertz CT molecular complexity index is 826. The standard InChI is InChI=1S/C22H33N3O4/c1-6-14(2)19(23-21(28)29-22(3,4)5)20(27)24-11-15-10-16(13-24)17-8-7-9-18(26)25(17)12-15/h7-9,14-16,19H,6,10-13H2,1-5H3,(H,23,28)/t14-,15+,16+,19+/m0/s1. The van der Waals surface area contributed by atoms with Crippen molar-refractivity contribution in [2.45, 2.75) is 71.6 Å². The number of carbonyl (C=O) groups is 2. The van der Waals surface area contributed by atoms with E-state index in [1.54, 1.807) is 32.9 Å². The Morgan fingerprint density at radius 2 is 1.97 bits per heavy atom. The number of carbonyl (C=O) groups excluding carboxylic acids is 2. The number of alkyl carbamates (subject to hydrolysis) is 1. The first-order chi connectivity index (χ1) is 13.6. The minimum Gasteiger partial charge on any atom is -0.444 e. The smallest absolute Gasteiger partial charge is 0.408 e. The zero-order valence-electron chi connectivity index (χ0n) is 18.1. The van der Waals surface area contributed by atoms with Crippen LogP contribution in [0.5, 0.6) is 0 Å². The van der Waals surface area contributed by atoms with Crippen LogP contribution in [0, 0.1) is 11.8 Å². The van der Waals surface area contributed by atoms with Gasteiger partial charge in [-0.05, 0) is 45.1 Å². The number of hydrogen-bond donors (Lipinski definition) is 1. The van der Waals surface area contributed by atoms with E-state index in [2.05, 4.69) is 5.32 Å². The molecule has 2 aliphatic heterocycles. The number of amides is 2. The summed E-state index contributed by atoms with van der Waals surface area (Å²) >= 11 is 0. The molecule has 1 saturated heterocycles. The predicted molar refractivity (Wildman–Crippen MR) is 111 cm³/mol. The van der Waals surface area contributed by atoms with Gasteiger partial charge in [0.15, 0.2) is 0 Å². The largest absolute Gasteiger partial charge is 0.444 e. The van der Waals surface area contributed by atoms with Gasteiger partial charge in [0.05, 0.1) is 0 Å². The van der Waals surface area contributed by atoms with Crippen molar-refractivity contribution in [1.82, 2.24) is 14.8 Å². The molecule has 3 rings (SSSR count). The highest BCUT2D eigenvalue weighted by molar-refractivity contribution is 5.86. The minimum atomic E-state index is -0.619. The van der Waals surface area contributed by atoms with Gasteiger partial charge in [0.1, 0.15) is 11.6 Å². The Balaban J connectivity index is 1.77. The van der Waals surface area contributed by atoms with Crippen molar-refractivity contribution in [3.8, 4) is 0 Å². The molecule has 0 radical (unpaired) electrons. The molecule has 0 aromatic carbocycles. The number of piperidine rings is 1. The van der Waals surface area contributed by atoms with Crippen molar-refractivity contribution >= 4 is 12.0 Å². The van der Waals surface area contributed by atoms with Gasteiger partial charge in [-0.2, -0.15) is 0 Å². The van der Waals surface area contributed by atoms with E-state index in [4.69, 9.17) is 4.74 Å². The highest BCUT2D eigenvalue weighted by Crippen LogP contribution is 2.35. The number of aromatic nitrogens is 1. The summed E-state index contributed by atoms with van der Waals surface area (Å²) in [6.45, 7) is 11.2. The fourth-order valence-electron chi connectivity index (χ4n) is 4.39. The number of rotatable bonds is 4. The van der Waals surface area contributed by atoms with Crippen LogP contribution in [-0.4, -0.2) is 46.2 Å². The Hall–Kier alpha value is -2.31. The lowest BCUT2D eigenvalue weighted by atomic mass is 9.82. The van der Waals surface area contributed by atoms with Gasteiger partial charge in [-0.1, -0.05) is 26.3 Å². The Morgan fingerprint density at radius 1 is 1.24 bits per heavy atom. The van der Waals surface area contributed by atoms with Crippen LogP contribution in [-0.2, 0) is 16.1 Å². The SMILES string of the molecule is CC[C@H](C)[C@@H](NC(=O)OC(C)(C)C)C(=O)N1C[C@H]2C[C@H](C1)c1cccc(=O)n1C2. The molecule has 1 aromatic heterocycles. The summed E-state index contributed by atoms with van der Waals surface area (Å²) in [4.78, 5) is 39.8. The molecular weight excluding hydrogens is 370 g/mol. The van der Waals surface area contributed by atoms with Gasteiger partial charge >= 0.3 is 6.09 Å². The van der Waals surface area contributed by atoms with Crippen LogP contribution < -0.4 is 10.9 Å². The number of hydrogen-bond acceptors (Lipinski definition) is 4. The zero-order valence-corrected chi connectivity index (χ0v) is 18.1. The zero-order chi connectivity index (χ0) is 21.3. The molecule has 1 aromatic rings. The number of likely N-dealkylation sites (tertiary alicyclic amines) is 1. The molecule has 29 heavy (non-hydrogen) atoms. The van der Waals surface area contributed by atoms with Crippen LogP contribution in [0.4, 0.5) is 4.79 Å². The summed E-state index contributed by atoms with van der Waals surface area (Å²) < 4.78 is 7.23. The van der Waals surface area contributed by atoms with Gasteiger partial charge in [0, 0.05) is 37.3 Å². The molecule has 1 N–H and O–H groups in total. The van der Waals surface area contributed by atoms with Crippen LogP contribution in [0.25, 0.3) is 0 Å². The van der Waals surface area contributed by atoms with Gasteiger partial charge in [0.25, 0.3) is 5.56 Å². The van der Waals surface area contributed by atoms with E-state index < -0.39 is 17.7 Å². The van der Waals surface area contributed by atoms with Crippen molar-refractivity contribution in [2.24, 2.45) is 11.8 Å². The number of nitrogens with one attached hydrogen (secondary N) is 1. The molecule has 0 unspecified atom stereocenters. The highest BCUT2D eigenvalue weighted by atomic mass is 16.6. The number of pyridine rings is 1. The molecule has 0 aliphatic carbocycles. The van der Waals surface area contributed by atoms with E-state index in [0.717, 1.165) is 18.5 Å². The first-order valence-corrected chi connectivity index (χ1v) is 10.6. The summed E-state index contributed by atoms with van der Waals surface area (Å²) in [6.07, 6.45) is 1.19. The molecule has 2 amide bonds. The van der Waals surface area contributed by atoms with E-state index >= 15 is 0 Å². The second-order valence-corrected chi connectivity index (χ2v) is 9.45. The molecule has 7 nitrogen and oxygen atoms in total. The lowest BCUT2D eigenvalue weighted by molar-refractivity contribution is -0.137. The lowest BCUT2D eigenvalue weighted by Gasteiger charge is -2.44. The Labute approximate surface area is 172 Å². The van der Waals surface area contributed by atoms with Crippen LogP contribution in [0.15, 0.2) is 23.0 Å². The van der Waals surface area contributed by atoms with Crippen molar-refractivity contribution < 1.29 is 14.3 Å². The molecule has 7 heteroatoms. The Kier molecular flexibility index (Phi) is 6.05. The highest BCUT2D eigenvalue weighted by Gasteiger charge is 2.39. The summed E-state index contributed by atoms with van der Waals surface area (Å²) in [5.41, 5.74) is 0.416. The fraction of sp³-hybridized carbons (Fsp3) is 0.682. The van der Waals surface area contributed by atoms with Gasteiger partial charge in [0.2, 0.25) is 5.91 Å². The number of ether oxygens (including phenoxy) is 1. The molecule has 0 spiro atoms. The summed E-state index contributed by atoms with van der Waals surface area (Å²) in [6, 6.07) is 4.76. The lowest BCUT2D eigenvalue weighted by Crippen LogP contribution is -2.57. The van der Waals surface area contributed by atoms with Crippen molar-refractivity contribution in [2.75, 3.05) is 13.1 Å². The van der Waals surface area contributed by atoms with E-state index in [1.807, 2.05) is 29.4 Å². The fourth-order valence-corrected chi connectivity index (χ4v) is 4.39. The number of nitrogens with zero attached hydrogens (tertiary/aromatic N) is 2. The van der Waals surface area contributed by atoms with Crippen LogP contribution in [0.2, 0.25) is 0 Å². The molecule has 4 atom stereocenters. The monoisotopic (exact) mass is 403 g/mol. The van der Waals surface area contributed by atoms with E-state index in [1.165, 1.54) is 0 Å². The maximum Gasteiger partial charge on any atom is 0.408 e. The molecule has 0 saturated carbocycles. The van der Waals surface area contributed by atoms with E-state index in [-0.39, 0.29) is 29.2 Å². The van der Waals surface area contributed by atoms with Gasteiger partial charge in [-0.3, -0.25) is 9.59 Å². The third-order valence-electron chi connectivity index (χ3n) is 5.94. The predicted octanol–water partition coefficient (Wildman–Crippen LogP) is 2.73. The van der Waals surface area contributed by atoms with Crippen LogP contribution in [0.3, 0.4) is 0 Å². The molecular formula is C22H33N3O4. The van der Waals surface area contributed by atoms with Crippen molar-refractivity contribution in [3.63, 3.8) is 0 Å². The molecule has 2 aliphatic rings. The second kappa shape index (κ2) is 8.20. The first kappa shape index (κ1) is 21.4. The first-order valence-electron chi connectivity index (χ1n) is 10.6. The van der Waals surface area contributed by atoms with Crippen molar-refractivity contribution in [3.05, 3.63) is 34.2 Å². The molecule has 3 heterocycles. The Morgan fingerprint density at radius 3 is 2.62 bits per heavy atom. The third-order valence-corrected chi connectivity index (χ3v) is 5.94. The maximum atomic E-state index is 13.4. The molecule has 2 bridgehead atoms. The summed E-state index contributed by atoms with van der Waals surface area (Å²) in [7, 11) is 0. The van der Waals surface area contributed by atoms with E-state index in [0.29, 0.717) is 19.6 Å². The quantitative estimate of drug-likeness (QED) is 0.838. The summed E-state index contributed by atoms with van der Waals surface area (Å²) in [5, 5.41) is 2.81. The van der Waals surface area contributed by atoms with Gasteiger partial charge in [-0.15, -0.1) is 0 Å². The van der Waals surface area contributed by atoms with E-state index in [9.17, 15) is 14.4 Å². The van der Waals surface area contributed by atoms with Gasteiger partial charge in [-0.25, -0.2) is 4.79 Å². The summed E-state index contributed by atoms with van der Waals surface area (Å²) in [5.74, 6) is 0.335. The normalized spacial score (nSPS) is 23.0. The van der Waals surface area contributed by atoms with Gasteiger partial charge < -0.3 is 19.5 Å². The average Bonchev–Trinajstić information content (AvgIpc) is 2.64. The third kappa shape index (κ3) is 4.82. The number of fused-ring (bicyclic) bond motifs is 4.